The summed E-state index contributed by atoms with van der Waals surface area (Å²) in [5, 5.41) is 3.86. The third-order valence-corrected chi connectivity index (χ3v) is 4.23. The van der Waals surface area contributed by atoms with Crippen LogP contribution in [-0.2, 0) is 0 Å². The molecule has 0 radical (unpaired) electrons. The van der Waals surface area contributed by atoms with E-state index in [-0.39, 0.29) is 0 Å². The summed E-state index contributed by atoms with van der Waals surface area (Å²) in [4.78, 5) is 0. The van der Waals surface area contributed by atoms with Crippen LogP contribution < -0.4 is 5.32 Å². The lowest BCUT2D eigenvalue weighted by Crippen LogP contribution is -2.37. The van der Waals surface area contributed by atoms with Crippen molar-refractivity contribution in [3.8, 4) is 0 Å². The summed E-state index contributed by atoms with van der Waals surface area (Å²) < 4.78 is 0. The maximum Gasteiger partial charge on any atom is 0.00695 e. The molecular formula is C16H35NS. The lowest BCUT2D eigenvalue weighted by Gasteiger charge is -2.23. The van der Waals surface area contributed by atoms with E-state index < -0.39 is 0 Å². The zero-order valence-corrected chi connectivity index (χ0v) is 14.0. The van der Waals surface area contributed by atoms with E-state index in [0.29, 0.717) is 6.04 Å². The minimum absolute atomic E-state index is 0.686. The van der Waals surface area contributed by atoms with Gasteiger partial charge in [-0.3, -0.25) is 0 Å². The first-order chi connectivity index (χ1) is 8.74. The van der Waals surface area contributed by atoms with Gasteiger partial charge < -0.3 is 5.32 Å². The normalized spacial score (nSPS) is 13.2. The average molecular weight is 274 g/mol. The van der Waals surface area contributed by atoms with Crippen molar-refractivity contribution in [2.75, 3.05) is 12.0 Å². The van der Waals surface area contributed by atoms with Gasteiger partial charge in [-0.05, 0) is 38.2 Å². The van der Waals surface area contributed by atoms with Crippen LogP contribution in [0.2, 0.25) is 0 Å². The van der Waals surface area contributed by atoms with Crippen molar-refractivity contribution >= 4 is 11.8 Å². The van der Waals surface area contributed by atoms with Gasteiger partial charge in [0.1, 0.15) is 0 Å². The van der Waals surface area contributed by atoms with Gasteiger partial charge in [0.25, 0.3) is 0 Å². The fourth-order valence-electron chi connectivity index (χ4n) is 2.37. The Morgan fingerprint density at radius 3 is 1.89 bits per heavy atom. The standard InChI is InChI=1S/C16H35NS/c1-5-7-9-11-16(12-10-8-6-2)17-15(3)13-14-18-4/h15-17H,5-14H2,1-4H3. The number of unbranched alkanes of at least 4 members (excludes halogenated alkanes) is 4. The van der Waals surface area contributed by atoms with Gasteiger partial charge in [-0.15, -0.1) is 0 Å². The van der Waals surface area contributed by atoms with Crippen molar-refractivity contribution < 1.29 is 0 Å². The molecule has 0 saturated carbocycles. The van der Waals surface area contributed by atoms with Gasteiger partial charge in [0.05, 0.1) is 0 Å². The highest BCUT2D eigenvalue weighted by molar-refractivity contribution is 7.98. The molecule has 2 heteroatoms. The van der Waals surface area contributed by atoms with Crippen molar-refractivity contribution in [3.63, 3.8) is 0 Å². The highest BCUT2D eigenvalue weighted by Crippen LogP contribution is 2.13. The van der Waals surface area contributed by atoms with Gasteiger partial charge in [0.2, 0.25) is 0 Å². The first-order valence-electron chi connectivity index (χ1n) is 7.99. The first-order valence-corrected chi connectivity index (χ1v) is 9.38. The molecule has 0 amide bonds. The maximum absolute atomic E-state index is 3.86. The number of rotatable bonds is 13. The van der Waals surface area contributed by atoms with E-state index in [9.17, 15) is 0 Å². The molecule has 18 heavy (non-hydrogen) atoms. The van der Waals surface area contributed by atoms with Gasteiger partial charge in [-0.2, -0.15) is 11.8 Å². The molecule has 0 saturated heterocycles. The highest BCUT2D eigenvalue weighted by atomic mass is 32.2. The van der Waals surface area contributed by atoms with E-state index in [2.05, 4.69) is 32.3 Å². The summed E-state index contributed by atoms with van der Waals surface area (Å²) in [7, 11) is 0. The molecule has 0 aliphatic heterocycles. The Hall–Kier alpha value is 0.310. The molecule has 1 N–H and O–H groups in total. The van der Waals surface area contributed by atoms with Crippen molar-refractivity contribution in [3.05, 3.63) is 0 Å². The van der Waals surface area contributed by atoms with Crippen LogP contribution in [0.4, 0.5) is 0 Å². The molecule has 1 atom stereocenters. The van der Waals surface area contributed by atoms with Crippen LogP contribution in [-0.4, -0.2) is 24.1 Å². The smallest absolute Gasteiger partial charge is 0.00695 e. The van der Waals surface area contributed by atoms with E-state index in [1.54, 1.807) is 0 Å². The van der Waals surface area contributed by atoms with Gasteiger partial charge in [-0.1, -0.05) is 52.4 Å². The molecule has 110 valence electrons. The Labute approximate surface area is 120 Å². The first kappa shape index (κ1) is 18.3. The molecule has 0 aromatic rings. The molecule has 0 heterocycles. The van der Waals surface area contributed by atoms with Gasteiger partial charge in [0, 0.05) is 12.1 Å². The Bertz CT molecular complexity index is 151. The SMILES string of the molecule is CCCCCC(CCCCC)NC(C)CCSC. The third kappa shape index (κ3) is 11.4. The van der Waals surface area contributed by atoms with Crippen LogP contribution in [0.25, 0.3) is 0 Å². The fourth-order valence-corrected chi connectivity index (χ4v) is 2.96. The Morgan fingerprint density at radius 1 is 0.889 bits per heavy atom. The molecule has 0 aliphatic rings. The van der Waals surface area contributed by atoms with Gasteiger partial charge in [-0.25, -0.2) is 0 Å². The summed E-state index contributed by atoms with van der Waals surface area (Å²) >= 11 is 1.96. The number of hydrogen-bond donors (Lipinski definition) is 1. The van der Waals surface area contributed by atoms with Crippen LogP contribution in [0.15, 0.2) is 0 Å². The molecule has 0 bridgehead atoms. The molecule has 0 aromatic heterocycles. The zero-order valence-electron chi connectivity index (χ0n) is 13.1. The predicted octanol–water partition coefficient (Wildman–Crippen LogP) is 5.25. The molecule has 0 spiro atoms. The van der Waals surface area contributed by atoms with Crippen LogP contribution in [0, 0.1) is 0 Å². The summed E-state index contributed by atoms with van der Waals surface area (Å²) in [6.07, 6.45) is 14.5. The Kier molecular flexibility index (Phi) is 14.0. The van der Waals surface area contributed by atoms with Crippen molar-refractivity contribution in [2.45, 2.75) is 90.6 Å². The monoisotopic (exact) mass is 273 g/mol. The molecule has 0 fully saturated rings. The van der Waals surface area contributed by atoms with Crippen molar-refractivity contribution in [2.24, 2.45) is 0 Å². The van der Waals surface area contributed by atoms with Crippen molar-refractivity contribution in [1.29, 1.82) is 0 Å². The maximum atomic E-state index is 3.86. The largest absolute Gasteiger partial charge is 0.311 e. The Morgan fingerprint density at radius 2 is 1.44 bits per heavy atom. The molecule has 0 aliphatic carbocycles. The van der Waals surface area contributed by atoms with Gasteiger partial charge >= 0.3 is 0 Å². The molecule has 1 unspecified atom stereocenters. The second-order valence-electron chi connectivity index (χ2n) is 5.54. The van der Waals surface area contributed by atoms with E-state index in [0.717, 1.165) is 6.04 Å². The summed E-state index contributed by atoms with van der Waals surface area (Å²) in [6.45, 7) is 6.93. The number of hydrogen-bond acceptors (Lipinski definition) is 2. The highest BCUT2D eigenvalue weighted by Gasteiger charge is 2.11. The second kappa shape index (κ2) is 13.7. The molecule has 1 nitrogen and oxygen atoms in total. The number of thioether (sulfide) groups is 1. The van der Waals surface area contributed by atoms with E-state index in [1.807, 2.05) is 11.8 Å². The summed E-state index contributed by atoms with van der Waals surface area (Å²) in [6, 6.07) is 1.45. The number of nitrogens with one attached hydrogen (secondary N) is 1. The lowest BCUT2D eigenvalue weighted by molar-refractivity contribution is 0.376. The van der Waals surface area contributed by atoms with E-state index >= 15 is 0 Å². The van der Waals surface area contributed by atoms with E-state index in [4.69, 9.17) is 0 Å². The lowest BCUT2D eigenvalue weighted by atomic mass is 10.0. The average Bonchev–Trinajstić information content (AvgIpc) is 2.36. The zero-order chi connectivity index (χ0) is 13.6. The minimum atomic E-state index is 0.686. The van der Waals surface area contributed by atoms with E-state index in [1.165, 1.54) is 63.5 Å². The summed E-state index contributed by atoms with van der Waals surface area (Å²) in [5.41, 5.74) is 0. The van der Waals surface area contributed by atoms with Crippen LogP contribution in [0.1, 0.15) is 78.6 Å². The molecule has 0 aromatic carbocycles. The van der Waals surface area contributed by atoms with Crippen LogP contribution >= 0.6 is 11.8 Å². The fraction of sp³-hybridized carbons (Fsp3) is 1.00. The van der Waals surface area contributed by atoms with Crippen molar-refractivity contribution in [1.82, 2.24) is 5.32 Å². The molecular weight excluding hydrogens is 238 g/mol. The second-order valence-corrected chi connectivity index (χ2v) is 6.52. The summed E-state index contributed by atoms with van der Waals surface area (Å²) in [5.74, 6) is 1.28. The quantitative estimate of drug-likeness (QED) is 0.460. The minimum Gasteiger partial charge on any atom is -0.311 e. The predicted molar refractivity (Wildman–Crippen MR) is 87.7 cm³/mol. The van der Waals surface area contributed by atoms with Crippen LogP contribution in [0.5, 0.6) is 0 Å². The van der Waals surface area contributed by atoms with Crippen LogP contribution in [0.3, 0.4) is 0 Å². The van der Waals surface area contributed by atoms with Gasteiger partial charge in [0.15, 0.2) is 0 Å². The third-order valence-electron chi connectivity index (χ3n) is 3.59. The topological polar surface area (TPSA) is 12.0 Å². The molecule has 0 rings (SSSR count). The Balaban J connectivity index is 3.85.